The molecule has 1 saturated carbocycles. The van der Waals surface area contributed by atoms with Crippen LogP contribution < -0.4 is 0 Å². The Morgan fingerprint density at radius 3 is 2.42 bits per heavy atom. The molecule has 2 aromatic heterocycles. The maximum Gasteiger partial charge on any atom is 0.210 e. The van der Waals surface area contributed by atoms with E-state index >= 15 is 0 Å². The molecule has 1 aromatic carbocycles. The molecular weight excluding hydrogens is 408 g/mol. The van der Waals surface area contributed by atoms with Crippen LogP contribution in [-0.4, -0.2) is 40.3 Å². The van der Waals surface area contributed by atoms with E-state index < -0.39 is 22.7 Å². The van der Waals surface area contributed by atoms with Gasteiger partial charge in [0.15, 0.2) is 0 Å². The summed E-state index contributed by atoms with van der Waals surface area (Å²) in [5.41, 5.74) is -2.10. The Labute approximate surface area is 177 Å². The van der Waals surface area contributed by atoms with Gasteiger partial charge in [-0.15, -0.1) is 0 Å². The molecule has 4 rings (SSSR count). The lowest BCUT2D eigenvalue weighted by Crippen LogP contribution is -2.47. The van der Waals surface area contributed by atoms with Crippen LogP contribution in [0.4, 0.5) is 8.78 Å². The molecule has 31 heavy (non-hydrogen) atoms. The Morgan fingerprint density at radius 1 is 1.19 bits per heavy atom. The van der Waals surface area contributed by atoms with Gasteiger partial charge in [0, 0.05) is 17.0 Å². The summed E-state index contributed by atoms with van der Waals surface area (Å²) in [4.78, 5) is 13.3. The van der Waals surface area contributed by atoms with Crippen molar-refractivity contribution in [2.45, 2.75) is 45.6 Å². The number of aromatic nitrogens is 6. The first-order chi connectivity index (χ1) is 14.9. The Balaban J connectivity index is 1.74. The molecule has 164 valence electrons. The van der Waals surface area contributed by atoms with Crippen molar-refractivity contribution in [3.63, 3.8) is 0 Å². The molecule has 0 spiro atoms. The number of rotatable bonds is 9. The van der Waals surface area contributed by atoms with Crippen LogP contribution in [0.3, 0.4) is 0 Å². The van der Waals surface area contributed by atoms with Crippen molar-refractivity contribution < 1.29 is 18.7 Å². The second-order valence-corrected chi connectivity index (χ2v) is 7.98. The summed E-state index contributed by atoms with van der Waals surface area (Å²) < 4.78 is 31.4. The van der Waals surface area contributed by atoms with Crippen molar-refractivity contribution in [2.75, 3.05) is 0 Å². The van der Waals surface area contributed by atoms with Crippen LogP contribution in [0.5, 0.6) is 0 Å². The van der Waals surface area contributed by atoms with Crippen LogP contribution in [0.1, 0.15) is 32.3 Å². The van der Waals surface area contributed by atoms with E-state index in [0.717, 1.165) is 12.1 Å². The zero-order valence-electron chi connectivity index (χ0n) is 17.2. The lowest BCUT2D eigenvalue weighted by atomic mass is 9.72. The highest BCUT2D eigenvalue weighted by atomic mass is 19.1. The predicted molar refractivity (Wildman–Crippen MR) is 105 cm³/mol. The smallest absolute Gasteiger partial charge is 0.210 e. The predicted octanol–water partition coefficient (Wildman–Crippen LogP) is 2.50. The van der Waals surface area contributed by atoms with E-state index in [9.17, 15) is 13.9 Å². The molecule has 3 aromatic rings. The van der Waals surface area contributed by atoms with E-state index in [2.05, 4.69) is 25.3 Å². The van der Waals surface area contributed by atoms with E-state index in [4.69, 9.17) is 4.84 Å². The maximum atomic E-state index is 14.9. The summed E-state index contributed by atoms with van der Waals surface area (Å²) >= 11 is 0. The van der Waals surface area contributed by atoms with Crippen molar-refractivity contribution in [1.29, 1.82) is 0 Å². The molecule has 0 radical (unpaired) electrons. The first kappa shape index (κ1) is 21.0. The second-order valence-electron chi connectivity index (χ2n) is 7.98. The number of oxime groups is 1. The molecule has 11 heteroatoms. The number of hydrogen-bond acceptors (Lipinski definition) is 7. The minimum Gasteiger partial charge on any atom is -0.382 e. The summed E-state index contributed by atoms with van der Waals surface area (Å²) in [6.45, 7) is 3.81. The van der Waals surface area contributed by atoms with Gasteiger partial charge in [-0.3, -0.25) is 0 Å². The second kappa shape index (κ2) is 8.14. The SMILES string of the molecule is CC(C)/C(=N\OCn1cncn1)C1(C(O)(Cn2cncn2)c2ccc(F)cc2F)CC1. The Hall–Kier alpha value is -3.21. The van der Waals surface area contributed by atoms with Crippen molar-refractivity contribution in [1.82, 2.24) is 29.5 Å². The maximum absolute atomic E-state index is 14.9. The summed E-state index contributed by atoms with van der Waals surface area (Å²) in [5.74, 6) is -1.66. The van der Waals surface area contributed by atoms with Crippen LogP contribution >= 0.6 is 0 Å². The topological polar surface area (TPSA) is 103 Å². The molecule has 1 unspecified atom stereocenters. The van der Waals surface area contributed by atoms with E-state index in [1.807, 2.05) is 13.8 Å². The Bertz CT molecular complexity index is 1050. The van der Waals surface area contributed by atoms with Gasteiger partial charge in [-0.1, -0.05) is 25.1 Å². The van der Waals surface area contributed by atoms with Crippen LogP contribution in [0.2, 0.25) is 0 Å². The molecule has 0 amide bonds. The van der Waals surface area contributed by atoms with Gasteiger partial charge in [0.25, 0.3) is 0 Å². The quantitative estimate of drug-likeness (QED) is 0.413. The van der Waals surface area contributed by atoms with Gasteiger partial charge in [-0.2, -0.15) is 10.2 Å². The molecule has 0 aliphatic heterocycles. The monoisotopic (exact) mass is 431 g/mol. The van der Waals surface area contributed by atoms with E-state index in [0.29, 0.717) is 18.6 Å². The highest BCUT2D eigenvalue weighted by molar-refractivity contribution is 5.95. The van der Waals surface area contributed by atoms with E-state index in [1.165, 1.54) is 40.7 Å². The highest BCUT2D eigenvalue weighted by Gasteiger charge is 2.64. The third-order valence-electron chi connectivity index (χ3n) is 5.63. The molecule has 1 aliphatic carbocycles. The number of halogens is 2. The van der Waals surface area contributed by atoms with Crippen LogP contribution in [-0.2, 0) is 23.7 Å². The van der Waals surface area contributed by atoms with Crippen LogP contribution in [0.15, 0.2) is 48.7 Å². The van der Waals surface area contributed by atoms with E-state index in [-0.39, 0.29) is 24.8 Å². The summed E-state index contributed by atoms with van der Waals surface area (Å²) in [6.07, 6.45) is 6.76. The van der Waals surface area contributed by atoms with Gasteiger partial charge < -0.3 is 9.94 Å². The molecule has 1 fully saturated rings. The average molecular weight is 431 g/mol. The van der Waals surface area contributed by atoms with Gasteiger partial charge >= 0.3 is 0 Å². The van der Waals surface area contributed by atoms with Gasteiger partial charge in [0.1, 0.15) is 42.5 Å². The number of nitrogens with zero attached hydrogens (tertiary/aromatic N) is 7. The first-order valence-electron chi connectivity index (χ1n) is 9.89. The van der Waals surface area contributed by atoms with Gasteiger partial charge in [0.2, 0.25) is 6.73 Å². The largest absolute Gasteiger partial charge is 0.382 e. The fraction of sp³-hybridized carbons (Fsp3) is 0.450. The summed E-state index contributed by atoms with van der Waals surface area (Å²) in [6, 6.07) is 3.18. The van der Waals surface area contributed by atoms with E-state index in [1.54, 1.807) is 0 Å². The number of benzene rings is 1. The number of hydrogen-bond donors (Lipinski definition) is 1. The summed E-state index contributed by atoms with van der Waals surface area (Å²) in [7, 11) is 0. The lowest BCUT2D eigenvalue weighted by Gasteiger charge is -2.39. The van der Waals surface area contributed by atoms with Crippen molar-refractivity contribution >= 4 is 5.71 Å². The minimum atomic E-state index is -1.75. The molecular formula is C20H23F2N7O2. The van der Waals surface area contributed by atoms with Crippen LogP contribution in [0, 0.1) is 23.0 Å². The normalized spacial score (nSPS) is 17.5. The van der Waals surface area contributed by atoms with Crippen molar-refractivity contribution in [3.8, 4) is 0 Å². The molecule has 9 nitrogen and oxygen atoms in total. The fourth-order valence-electron chi connectivity index (χ4n) is 4.08. The third kappa shape index (κ3) is 3.92. The van der Waals surface area contributed by atoms with Gasteiger partial charge in [-0.05, 0) is 24.8 Å². The molecule has 0 saturated heterocycles. The Morgan fingerprint density at radius 2 is 1.87 bits per heavy atom. The van der Waals surface area contributed by atoms with Crippen molar-refractivity contribution in [2.24, 2.45) is 16.5 Å². The lowest BCUT2D eigenvalue weighted by molar-refractivity contribution is -0.0365. The minimum absolute atomic E-state index is 0.0217. The zero-order chi connectivity index (χ0) is 22.1. The summed E-state index contributed by atoms with van der Waals surface area (Å²) in [5, 5.41) is 24.4. The third-order valence-corrected chi connectivity index (χ3v) is 5.63. The fourth-order valence-corrected chi connectivity index (χ4v) is 4.08. The number of aliphatic hydroxyl groups is 1. The van der Waals surface area contributed by atoms with Gasteiger partial charge in [-0.25, -0.2) is 28.1 Å². The molecule has 2 heterocycles. The molecule has 1 aliphatic rings. The highest BCUT2D eigenvalue weighted by Crippen LogP contribution is 2.61. The first-order valence-corrected chi connectivity index (χ1v) is 9.89. The van der Waals surface area contributed by atoms with Crippen LogP contribution in [0.25, 0.3) is 0 Å². The van der Waals surface area contributed by atoms with Crippen molar-refractivity contribution in [3.05, 3.63) is 60.7 Å². The molecule has 0 bridgehead atoms. The molecule has 1 atom stereocenters. The zero-order valence-corrected chi connectivity index (χ0v) is 17.2. The van der Waals surface area contributed by atoms with Gasteiger partial charge in [0.05, 0.1) is 12.3 Å². The Kier molecular flexibility index (Phi) is 5.52. The average Bonchev–Trinajstić information content (AvgIpc) is 3.11. The molecule has 1 N–H and O–H groups in total. The standard InChI is InChI=1S/C20H23F2N7O2/c1-14(2)18(27-31-13-29-12-24-10-26-29)19(5-6-19)20(30,8-28-11-23-9-25-28)16-4-3-15(21)7-17(16)22/h3-4,7,9-12,14,30H,5-6,8,13H2,1-2H3/b27-18+.